The summed E-state index contributed by atoms with van der Waals surface area (Å²) in [5, 5.41) is 5.77. The quantitative estimate of drug-likeness (QED) is 0.383. The molecule has 37 heavy (non-hydrogen) atoms. The number of cyclic esters (lactones) is 1. The molecule has 3 aromatic rings. The van der Waals surface area contributed by atoms with Crippen molar-refractivity contribution in [2.24, 2.45) is 5.18 Å². The normalized spacial score (nSPS) is 12.6. The molecule has 0 bridgehead atoms. The van der Waals surface area contributed by atoms with Crippen molar-refractivity contribution in [1.29, 1.82) is 0 Å². The Kier molecular flexibility index (Phi) is 7.99. The molecule has 0 atom stereocenters. The molecular formula is C26H22ClN3O7. The minimum Gasteiger partial charge on any atom is -0.493 e. The first-order valence-electron chi connectivity index (χ1n) is 11.2. The Morgan fingerprint density at radius 3 is 2.49 bits per heavy atom. The maximum atomic E-state index is 12.7. The lowest BCUT2D eigenvalue weighted by Crippen LogP contribution is -2.24. The maximum Gasteiger partial charge on any atom is 0.410 e. The van der Waals surface area contributed by atoms with Crippen LogP contribution in [0.5, 0.6) is 17.2 Å². The molecule has 0 aromatic heterocycles. The van der Waals surface area contributed by atoms with Crippen molar-refractivity contribution in [2.45, 2.75) is 13.0 Å². The van der Waals surface area contributed by atoms with Crippen molar-refractivity contribution in [3.63, 3.8) is 0 Å². The number of carbonyl (C=O) groups is 3. The summed E-state index contributed by atoms with van der Waals surface area (Å²) in [6.45, 7) is 0.838. The van der Waals surface area contributed by atoms with Crippen LogP contribution in [-0.4, -0.2) is 43.1 Å². The molecule has 1 fully saturated rings. The Balaban J connectivity index is 1.64. The number of halogens is 1. The van der Waals surface area contributed by atoms with E-state index in [2.05, 4.69) is 10.5 Å². The maximum absolute atomic E-state index is 12.7. The van der Waals surface area contributed by atoms with Crippen LogP contribution in [0.25, 0.3) is 0 Å². The molecule has 1 aliphatic heterocycles. The third-order valence-corrected chi connectivity index (χ3v) is 5.79. The van der Waals surface area contributed by atoms with E-state index in [0.717, 1.165) is 0 Å². The largest absolute Gasteiger partial charge is 0.493 e. The van der Waals surface area contributed by atoms with Gasteiger partial charge in [-0.05, 0) is 60.2 Å². The van der Waals surface area contributed by atoms with E-state index >= 15 is 0 Å². The summed E-state index contributed by atoms with van der Waals surface area (Å²) in [7, 11) is 1.47. The summed E-state index contributed by atoms with van der Waals surface area (Å²) in [4.78, 5) is 48.3. The van der Waals surface area contributed by atoms with Gasteiger partial charge < -0.3 is 24.4 Å². The van der Waals surface area contributed by atoms with Gasteiger partial charge in [-0.3, -0.25) is 9.59 Å². The van der Waals surface area contributed by atoms with Crippen molar-refractivity contribution in [3.8, 4) is 17.2 Å². The summed E-state index contributed by atoms with van der Waals surface area (Å²) in [6, 6.07) is 16.3. The topological polar surface area (TPSA) is 124 Å². The number of anilines is 1. The van der Waals surface area contributed by atoms with E-state index in [9.17, 15) is 19.3 Å². The number of rotatable bonds is 9. The van der Waals surface area contributed by atoms with E-state index in [-0.39, 0.29) is 25.5 Å². The monoisotopic (exact) mass is 523 g/mol. The second-order valence-corrected chi connectivity index (χ2v) is 8.50. The van der Waals surface area contributed by atoms with Crippen molar-refractivity contribution < 1.29 is 28.6 Å². The van der Waals surface area contributed by atoms with Crippen LogP contribution in [0.3, 0.4) is 0 Å². The highest BCUT2D eigenvalue weighted by Crippen LogP contribution is 2.36. The van der Waals surface area contributed by atoms with Gasteiger partial charge in [0, 0.05) is 27.0 Å². The van der Waals surface area contributed by atoms with Gasteiger partial charge in [-0.25, -0.2) is 4.79 Å². The molecule has 1 saturated heterocycles. The number of nitrogens with one attached hydrogen (secondary N) is 1. The highest BCUT2D eigenvalue weighted by atomic mass is 35.5. The molecule has 0 saturated carbocycles. The molecule has 0 spiro atoms. The zero-order chi connectivity index (χ0) is 26.4. The Hall–Kier alpha value is -4.44. The number of hydrogen-bond acceptors (Lipinski definition) is 7. The number of nitrogens with zero attached hydrogens (tertiary/aromatic N) is 2. The molecule has 4 rings (SSSR count). The van der Waals surface area contributed by atoms with Gasteiger partial charge in [0.1, 0.15) is 12.4 Å². The van der Waals surface area contributed by atoms with Crippen LogP contribution in [0.4, 0.5) is 10.5 Å². The Morgan fingerprint density at radius 2 is 1.81 bits per heavy atom. The second kappa shape index (κ2) is 11.5. The number of amides is 3. The van der Waals surface area contributed by atoms with E-state index < -0.39 is 12.0 Å². The Labute approximate surface area is 217 Å². The SMILES string of the molecule is COc1ccc(CC(=O)N=O)cc1Oc1ccc(NC(=O)c2ccc(Cl)cc2)cc1CN1CCOC1=O. The number of hydrogen-bond donors (Lipinski definition) is 1. The average molecular weight is 524 g/mol. The standard InChI is InChI=1S/C26H22ClN3O7/c1-35-22-8-2-16(13-24(31)29-34)12-23(22)37-21-9-7-20(14-18(21)15-30-10-11-36-26(30)33)28-25(32)17-3-5-19(27)6-4-17/h2-9,12,14H,10-11,13,15H2,1H3,(H,28,32). The van der Waals surface area contributed by atoms with Gasteiger partial charge in [-0.15, -0.1) is 4.91 Å². The smallest absolute Gasteiger partial charge is 0.410 e. The summed E-state index contributed by atoms with van der Waals surface area (Å²) in [6.07, 6.45) is -0.646. The molecule has 1 N–H and O–H groups in total. The van der Waals surface area contributed by atoms with Crippen molar-refractivity contribution in [1.82, 2.24) is 4.90 Å². The molecule has 3 amide bonds. The van der Waals surface area contributed by atoms with Crippen molar-refractivity contribution >= 4 is 35.2 Å². The van der Waals surface area contributed by atoms with Gasteiger partial charge >= 0.3 is 6.09 Å². The van der Waals surface area contributed by atoms with Gasteiger partial charge in [0.15, 0.2) is 11.5 Å². The van der Waals surface area contributed by atoms with Crippen LogP contribution >= 0.6 is 11.6 Å². The number of methoxy groups -OCH3 is 1. The lowest BCUT2D eigenvalue weighted by atomic mass is 10.1. The number of carbonyl (C=O) groups excluding carboxylic acids is 3. The zero-order valence-corrected chi connectivity index (χ0v) is 20.5. The van der Waals surface area contributed by atoms with Gasteiger partial charge in [0.05, 0.1) is 26.6 Å². The summed E-state index contributed by atoms with van der Waals surface area (Å²) in [5.41, 5.74) is 2.01. The van der Waals surface area contributed by atoms with Gasteiger partial charge in [-0.2, -0.15) is 0 Å². The van der Waals surface area contributed by atoms with Crippen LogP contribution in [0.2, 0.25) is 5.02 Å². The molecular weight excluding hydrogens is 502 g/mol. The fourth-order valence-electron chi connectivity index (χ4n) is 3.70. The summed E-state index contributed by atoms with van der Waals surface area (Å²) >= 11 is 5.91. The summed E-state index contributed by atoms with van der Waals surface area (Å²) in [5.74, 6) is -0.0758. The first-order chi connectivity index (χ1) is 17.9. The van der Waals surface area contributed by atoms with Gasteiger partial charge in [0.2, 0.25) is 0 Å². The minimum absolute atomic E-state index is 0.161. The van der Waals surface area contributed by atoms with Crippen LogP contribution < -0.4 is 14.8 Å². The molecule has 10 nitrogen and oxygen atoms in total. The zero-order valence-electron chi connectivity index (χ0n) is 19.7. The molecule has 0 unspecified atom stereocenters. The van der Waals surface area contributed by atoms with Crippen LogP contribution in [0, 0.1) is 4.91 Å². The molecule has 0 aliphatic carbocycles. The lowest BCUT2D eigenvalue weighted by Gasteiger charge is -2.19. The minimum atomic E-state index is -0.815. The number of nitroso groups, excluding NO2 is 1. The third-order valence-electron chi connectivity index (χ3n) is 5.54. The lowest BCUT2D eigenvalue weighted by molar-refractivity contribution is -0.117. The van der Waals surface area contributed by atoms with Crippen LogP contribution in [0.1, 0.15) is 21.5 Å². The van der Waals surface area contributed by atoms with E-state index in [1.807, 2.05) is 0 Å². The fourth-order valence-corrected chi connectivity index (χ4v) is 3.82. The fraction of sp³-hybridized carbons (Fsp3) is 0.192. The van der Waals surface area contributed by atoms with Crippen molar-refractivity contribution in [2.75, 3.05) is 25.6 Å². The van der Waals surface area contributed by atoms with E-state index in [1.54, 1.807) is 60.7 Å². The van der Waals surface area contributed by atoms with Gasteiger partial charge in [-0.1, -0.05) is 17.7 Å². The van der Waals surface area contributed by atoms with Gasteiger partial charge in [0.25, 0.3) is 11.8 Å². The Bertz CT molecular complexity index is 1340. The van der Waals surface area contributed by atoms with Crippen LogP contribution in [-0.2, 0) is 22.5 Å². The molecule has 3 aromatic carbocycles. The molecule has 0 radical (unpaired) electrons. The highest BCUT2D eigenvalue weighted by molar-refractivity contribution is 6.30. The molecule has 1 heterocycles. The average Bonchev–Trinajstić information content (AvgIpc) is 3.30. The molecule has 11 heteroatoms. The molecule has 190 valence electrons. The number of ether oxygens (including phenoxy) is 3. The predicted octanol–water partition coefficient (Wildman–Crippen LogP) is 5.18. The first-order valence-corrected chi connectivity index (χ1v) is 11.6. The highest BCUT2D eigenvalue weighted by Gasteiger charge is 2.24. The Morgan fingerprint density at radius 1 is 1.05 bits per heavy atom. The van der Waals surface area contributed by atoms with E-state index in [1.165, 1.54) is 12.0 Å². The number of benzene rings is 3. The second-order valence-electron chi connectivity index (χ2n) is 8.07. The first kappa shape index (κ1) is 25.6. The third kappa shape index (κ3) is 6.42. The predicted molar refractivity (Wildman–Crippen MR) is 135 cm³/mol. The molecule has 1 aliphatic rings. The van der Waals surface area contributed by atoms with E-state index in [4.69, 9.17) is 25.8 Å². The van der Waals surface area contributed by atoms with Crippen molar-refractivity contribution in [3.05, 3.63) is 87.3 Å². The van der Waals surface area contributed by atoms with Crippen LogP contribution in [0.15, 0.2) is 65.8 Å². The van der Waals surface area contributed by atoms with E-state index in [0.29, 0.717) is 51.2 Å². The summed E-state index contributed by atoms with van der Waals surface area (Å²) < 4.78 is 16.6.